The molecule has 11 heteroatoms. The summed E-state index contributed by atoms with van der Waals surface area (Å²) in [5.74, 6) is -1.52. The number of halogens is 2. The van der Waals surface area contributed by atoms with Gasteiger partial charge in [-0.05, 0) is 55.1 Å². The Bertz CT molecular complexity index is 1310. The lowest BCUT2D eigenvalue weighted by Crippen LogP contribution is -2.49. The van der Waals surface area contributed by atoms with Gasteiger partial charge in [0, 0.05) is 24.8 Å². The molecule has 41 heavy (non-hydrogen) atoms. The van der Waals surface area contributed by atoms with E-state index in [-0.39, 0.29) is 36.7 Å². The van der Waals surface area contributed by atoms with Gasteiger partial charge in [-0.1, -0.05) is 51.1 Å². The van der Waals surface area contributed by atoms with E-state index in [0.717, 1.165) is 23.8 Å². The Morgan fingerprint density at radius 2 is 1.78 bits per heavy atom. The van der Waals surface area contributed by atoms with Gasteiger partial charge in [0.05, 0.1) is 24.3 Å². The van der Waals surface area contributed by atoms with Crippen molar-refractivity contribution in [2.24, 2.45) is 22.6 Å². The van der Waals surface area contributed by atoms with E-state index in [1.165, 1.54) is 0 Å². The van der Waals surface area contributed by atoms with Crippen LogP contribution in [0.1, 0.15) is 51.0 Å². The van der Waals surface area contributed by atoms with Crippen molar-refractivity contribution in [3.63, 3.8) is 0 Å². The van der Waals surface area contributed by atoms with Crippen LogP contribution in [0.2, 0.25) is 0 Å². The fraction of sp³-hybridized carbons (Fsp3) is 0.433. The summed E-state index contributed by atoms with van der Waals surface area (Å²) in [6.45, 7) is 6.90. The van der Waals surface area contributed by atoms with E-state index in [0.29, 0.717) is 31.9 Å². The summed E-state index contributed by atoms with van der Waals surface area (Å²) >= 11 is 0. The number of nitrogens with zero attached hydrogens (tertiary/aromatic N) is 3. The Balaban J connectivity index is 2.10. The Morgan fingerprint density at radius 3 is 2.41 bits per heavy atom. The van der Waals surface area contributed by atoms with Crippen LogP contribution in [0, 0.1) is 17.0 Å². The van der Waals surface area contributed by atoms with Crippen molar-refractivity contribution in [1.29, 1.82) is 0 Å². The summed E-state index contributed by atoms with van der Waals surface area (Å²) in [5, 5.41) is 2.62. The monoisotopic (exact) mass is 569 g/mol. The number of aromatic nitrogens is 2. The Labute approximate surface area is 240 Å². The van der Waals surface area contributed by atoms with E-state index >= 15 is 0 Å². The summed E-state index contributed by atoms with van der Waals surface area (Å²) < 4.78 is 30.9. The van der Waals surface area contributed by atoms with Crippen LogP contribution in [0.3, 0.4) is 0 Å². The molecule has 0 aliphatic rings. The first kappa shape index (κ1) is 31.9. The van der Waals surface area contributed by atoms with Gasteiger partial charge in [-0.2, -0.15) is 0 Å². The molecule has 2 aromatic carbocycles. The molecule has 2 atom stereocenters. The first-order valence-electron chi connectivity index (χ1n) is 13.8. The number of rotatable bonds is 13. The predicted octanol–water partition coefficient (Wildman–Crippen LogP) is 2.93. The fourth-order valence-electron chi connectivity index (χ4n) is 4.74. The summed E-state index contributed by atoms with van der Waals surface area (Å²) in [5.41, 5.74) is 17.9. The van der Waals surface area contributed by atoms with Crippen molar-refractivity contribution < 1.29 is 18.4 Å². The fourth-order valence-corrected chi connectivity index (χ4v) is 4.74. The van der Waals surface area contributed by atoms with Crippen LogP contribution in [0.25, 0.3) is 11.3 Å². The molecule has 0 saturated heterocycles. The number of carbonyl (C=O) groups is 2. The zero-order valence-electron chi connectivity index (χ0n) is 23.9. The standard InChI is InChI=1S/C30H41F2N7O2/c1-30(2,3)27(39(15-7-13-33)26(40)17-36-29(41)24(35)12-14-34)28-37-25(22-16-21(31)10-11-23(22)32)19-38(28)18-20-8-5-4-6-9-20/h4-6,8-11,16,19,24,27H,7,12-15,17-18,33-35H2,1-3H3,(H,36,41). The van der Waals surface area contributed by atoms with E-state index < -0.39 is 35.0 Å². The summed E-state index contributed by atoms with van der Waals surface area (Å²) in [6, 6.07) is 11.4. The minimum Gasteiger partial charge on any atom is -0.346 e. The molecule has 0 radical (unpaired) electrons. The molecule has 3 rings (SSSR count). The number of nitrogens with one attached hydrogen (secondary N) is 1. The van der Waals surface area contributed by atoms with Crippen LogP contribution in [-0.2, 0) is 16.1 Å². The smallest absolute Gasteiger partial charge is 0.242 e. The maximum atomic E-state index is 14.9. The van der Waals surface area contributed by atoms with Gasteiger partial charge in [0.2, 0.25) is 11.8 Å². The van der Waals surface area contributed by atoms with E-state index in [1.54, 1.807) is 11.1 Å². The lowest BCUT2D eigenvalue weighted by Gasteiger charge is -2.40. The average molecular weight is 570 g/mol. The van der Waals surface area contributed by atoms with Crippen molar-refractivity contribution in [3.8, 4) is 11.3 Å². The van der Waals surface area contributed by atoms with Crippen LogP contribution in [0.15, 0.2) is 54.7 Å². The second-order valence-corrected chi connectivity index (χ2v) is 11.1. The van der Waals surface area contributed by atoms with Crippen LogP contribution in [-0.4, -0.2) is 58.5 Å². The maximum absolute atomic E-state index is 14.9. The highest BCUT2D eigenvalue weighted by molar-refractivity contribution is 5.87. The number of hydrogen-bond donors (Lipinski definition) is 4. The van der Waals surface area contributed by atoms with E-state index in [2.05, 4.69) is 5.32 Å². The first-order valence-corrected chi connectivity index (χ1v) is 13.8. The van der Waals surface area contributed by atoms with Gasteiger partial charge in [-0.25, -0.2) is 13.8 Å². The molecule has 3 aromatic rings. The quantitative estimate of drug-likeness (QED) is 0.249. The topological polar surface area (TPSA) is 145 Å². The van der Waals surface area contributed by atoms with Gasteiger partial charge < -0.3 is 32.0 Å². The number of benzene rings is 2. The molecule has 1 aromatic heterocycles. The second kappa shape index (κ2) is 14.3. The molecule has 0 fully saturated rings. The molecule has 0 aliphatic heterocycles. The summed E-state index contributed by atoms with van der Waals surface area (Å²) in [6.07, 6.45) is 2.47. The van der Waals surface area contributed by atoms with Gasteiger partial charge in [0.1, 0.15) is 17.5 Å². The zero-order valence-corrected chi connectivity index (χ0v) is 23.9. The Hall–Kier alpha value is -3.67. The molecule has 0 aliphatic carbocycles. The third-order valence-corrected chi connectivity index (χ3v) is 6.74. The third-order valence-electron chi connectivity index (χ3n) is 6.74. The van der Waals surface area contributed by atoms with Crippen molar-refractivity contribution in [3.05, 3.63) is 77.8 Å². The van der Waals surface area contributed by atoms with Crippen molar-refractivity contribution >= 4 is 11.8 Å². The van der Waals surface area contributed by atoms with E-state index in [4.69, 9.17) is 22.2 Å². The van der Waals surface area contributed by atoms with Gasteiger partial charge >= 0.3 is 0 Å². The Morgan fingerprint density at radius 1 is 1.07 bits per heavy atom. The lowest BCUT2D eigenvalue weighted by atomic mass is 9.84. The molecule has 222 valence electrons. The minimum atomic E-state index is -0.822. The molecule has 0 spiro atoms. The Kier molecular flexibility index (Phi) is 11.1. The summed E-state index contributed by atoms with van der Waals surface area (Å²) in [7, 11) is 0. The molecule has 0 saturated carbocycles. The zero-order chi connectivity index (χ0) is 30.2. The highest BCUT2D eigenvalue weighted by Gasteiger charge is 2.38. The SMILES string of the molecule is CC(C)(C)C(c1nc(-c2cc(F)ccc2F)cn1Cc1ccccc1)N(CCCN)C(=O)CNC(=O)C(N)CCN. The largest absolute Gasteiger partial charge is 0.346 e. The first-order chi connectivity index (χ1) is 19.5. The normalized spacial score (nSPS) is 13.1. The minimum absolute atomic E-state index is 0.0201. The van der Waals surface area contributed by atoms with Crippen LogP contribution >= 0.6 is 0 Å². The van der Waals surface area contributed by atoms with Gasteiger partial charge in [0.25, 0.3) is 0 Å². The molecule has 7 N–H and O–H groups in total. The number of hydrogen-bond acceptors (Lipinski definition) is 6. The van der Waals surface area contributed by atoms with E-state index in [1.807, 2.05) is 55.7 Å². The highest BCUT2D eigenvalue weighted by atomic mass is 19.1. The number of amides is 2. The lowest BCUT2D eigenvalue weighted by molar-refractivity contribution is -0.137. The predicted molar refractivity (Wildman–Crippen MR) is 155 cm³/mol. The number of carbonyl (C=O) groups excluding carboxylic acids is 2. The summed E-state index contributed by atoms with van der Waals surface area (Å²) in [4.78, 5) is 32.6. The molecule has 2 amide bonds. The molecule has 1 heterocycles. The van der Waals surface area contributed by atoms with Gasteiger partial charge in [-0.15, -0.1) is 0 Å². The molecular formula is C30H41F2N7O2. The van der Waals surface area contributed by atoms with Crippen LogP contribution in [0.4, 0.5) is 8.78 Å². The van der Waals surface area contributed by atoms with Gasteiger partial charge in [-0.3, -0.25) is 9.59 Å². The average Bonchev–Trinajstić information content (AvgIpc) is 3.32. The number of imidazole rings is 1. The van der Waals surface area contributed by atoms with Crippen molar-refractivity contribution in [2.75, 3.05) is 26.2 Å². The highest BCUT2D eigenvalue weighted by Crippen LogP contribution is 2.39. The van der Waals surface area contributed by atoms with Crippen molar-refractivity contribution in [1.82, 2.24) is 19.8 Å². The number of nitrogens with two attached hydrogens (primary N) is 3. The molecule has 9 nitrogen and oxygen atoms in total. The maximum Gasteiger partial charge on any atom is 0.242 e. The van der Waals surface area contributed by atoms with Gasteiger partial charge in [0.15, 0.2) is 0 Å². The second-order valence-electron chi connectivity index (χ2n) is 11.1. The molecule has 0 bridgehead atoms. The van der Waals surface area contributed by atoms with Crippen molar-refractivity contribution in [2.45, 2.75) is 52.2 Å². The van der Waals surface area contributed by atoms with E-state index in [9.17, 15) is 18.4 Å². The van der Waals surface area contributed by atoms with Crippen LogP contribution in [0.5, 0.6) is 0 Å². The molecular weight excluding hydrogens is 528 g/mol. The van der Waals surface area contributed by atoms with Crippen LogP contribution < -0.4 is 22.5 Å². The third kappa shape index (κ3) is 8.42. The molecule has 2 unspecified atom stereocenters.